The van der Waals surface area contributed by atoms with Crippen molar-refractivity contribution in [1.29, 1.82) is 0 Å². The van der Waals surface area contributed by atoms with Crippen LogP contribution in [0.25, 0.3) is 0 Å². The summed E-state index contributed by atoms with van der Waals surface area (Å²) in [6.45, 7) is 5.35. The Bertz CT molecular complexity index is 897. The maximum absolute atomic E-state index is 12.6. The van der Waals surface area contributed by atoms with Gasteiger partial charge >= 0.3 is 6.03 Å². The summed E-state index contributed by atoms with van der Waals surface area (Å²) in [5.74, 6) is 1.36. The highest BCUT2D eigenvalue weighted by molar-refractivity contribution is 6.34. The lowest BCUT2D eigenvalue weighted by Crippen LogP contribution is -2.56. The standard InChI is InChI=1S/C24H29Cl2N3O2/c1-17-15-29(24(30)27-21-6-2-3-7-21)10-9-28(17)16-18-5-4-8-22(11-18)31-23-13-19(25)12-20(26)14-23/h4-5,8,11-14,17,21H,2-3,6-7,9-10,15-16H2,1H3,(H,27,30)/t17-/m0/s1. The van der Waals surface area contributed by atoms with Gasteiger partial charge in [-0.1, -0.05) is 48.2 Å². The van der Waals surface area contributed by atoms with Crippen molar-refractivity contribution < 1.29 is 9.53 Å². The van der Waals surface area contributed by atoms with Crippen molar-refractivity contribution in [2.24, 2.45) is 0 Å². The molecule has 1 saturated carbocycles. The van der Waals surface area contributed by atoms with E-state index in [0.29, 0.717) is 27.9 Å². The van der Waals surface area contributed by atoms with Crippen LogP contribution in [0.5, 0.6) is 11.5 Å². The number of ether oxygens (including phenoxy) is 1. The van der Waals surface area contributed by atoms with Gasteiger partial charge in [0.15, 0.2) is 0 Å². The summed E-state index contributed by atoms with van der Waals surface area (Å²) < 4.78 is 5.96. The molecule has 4 rings (SSSR count). The van der Waals surface area contributed by atoms with Crippen LogP contribution in [0.4, 0.5) is 4.79 Å². The number of piperazine rings is 1. The van der Waals surface area contributed by atoms with Gasteiger partial charge in [0, 0.05) is 48.3 Å². The molecule has 0 spiro atoms. The van der Waals surface area contributed by atoms with Crippen LogP contribution in [0.3, 0.4) is 0 Å². The van der Waals surface area contributed by atoms with Crippen molar-refractivity contribution in [1.82, 2.24) is 15.1 Å². The highest BCUT2D eigenvalue weighted by Crippen LogP contribution is 2.29. The average Bonchev–Trinajstić information content (AvgIpc) is 3.22. The number of halogens is 2. The summed E-state index contributed by atoms with van der Waals surface area (Å²) in [7, 11) is 0. The van der Waals surface area contributed by atoms with Gasteiger partial charge in [-0.25, -0.2) is 4.79 Å². The molecule has 7 heteroatoms. The van der Waals surface area contributed by atoms with Crippen LogP contribution in [0.15, 0.2) is 42.5 Å². The van der Waals surface area contributed by atoms with Crippen LogP contribution in [-0.2, 0) is 6.54 Å². The number of carbonyl (C=O) groups excluding carboxylic acids is 1. The van der Waals surface area contributed by atoms with Crippen LogP contribution in [-0.4, -0.2) is 47.5 Å². The summed E-state index contributed by atoms with van der Waals surface area (Å²) in [5, 5.41) is 4.29. The van der Waals surface area contributed by atoms with Gasteiger partial charge in [0.2, 0.25) is 0 Å². The van der Waals surface area contributed by atoms with E-state index < -0.39 is 0 Å². The van der Waals surface area contributed by atoms with Crippen molar-refractivity contribution >= 4 is 29.2 Å². The Morgan fingerprint density at radius 3 is 2.52 bits per heavy atom. The number of rotatable bonds is 5. The second kappa shape index (κ2) is 10.1. The van der Waals surface area contributed by atoms with Gasteiger partial charge in [-0.05, 0) is 55.7 Å². The molecular weight excluding hydrogens is 433 g/mol. The van der Waals surface area contributed by atoms with E-state index in [4.69, 9.17) is 27.9 Å². The normalized spacial score (nSPS) is 20.1. The summed E-state index contributed by atoms with van der Waals surface area (Å²) in [4.78, 5) is 17.0. The van der Waals surface area contributed by atoms with Crippen LogP contribution in [0.1, 0.15) is 38.2 Å². The number of amides is 2. The summed E-state index contributed by atoms with van der Waals surface area (Å²) >= 11 is 12.1. The number of nitrogens with one attached hydrogen (secondary N) is 1. The van der Waals surface area contributed by atoms with Gasteiger partial charge < -0.3 is 15.0 Å². The fourth-order valence-corrected chi connectivity index (χ4v) is 4.92. The highest BCUT2D eigenvalue weighted by Gasteiger charge is 2.28. The molecule has 1 saturated heterocycles. The second-order valence-corrected chi connectivity index (χ2v) is 9.42. The van der Waals surface area contributed by atoms with Crippen molar-refractivity contribution in [3.05, 3.63) is 58.1 Å². The van der Waals surface area contributed by atoms with Crippen molar-refractivity contribution in [2.75, 3.05) is 19.6 Å². The minimum absolute atomic E-state index is 0.0916. The zero-order chi connectivity index (χ0) is 21.8. The van der Waals surface area contributed by atoms with E-state index >= 15 is 0 Å². The number of carbonyl (C=O) groups is 1. The van der Waals surface area contributed by atoms with Crippen LogP contribution < -0.4 is 10.1 Å². The number of urea groups is 1. The van der Waals surface area contributed by atoms with Gasteiger partial charge in [0.05, 0.1) is 0 Å². The quantitative estimate of drug-likeness (QED) is 0.598. The zero-order valence-electron chi connectivity index (χ0n) is 17.8. The van der Waals surface area contributed by atoms with E-state index in [0.717, 1.165) is 44.8 Å². The lowest BCUT2D eigenvalue weighted by Gasteiger charge is -2.40. The molecule has 1 aliphatic heterocycles. The first-order chi connectivity index (χ1) is 15.0. The fraction of sp³-hybridized carbons (Fsp3) is 0.458. The van der Waals surface area contributed by atoms with Crippen LogP contribution >= 0.6 is 23.2 Å². The maximum atomic E-state index is 12.6. The monoisotopic (exact) mass is 461 g/mol. The van der Waals surface area contributed by atoms with Gasteiger partial charge in [0.25, 0.3) is 0 Å². The second-order valence-electron chi connectivity index (χ2n) is 8.55. The Morgan fingerprint density at radius 1 is 1.06 bits per heavy atom. The molecule has 5 nitrogen and oxygen atoms in total. The molecule has 1 atom stereocenters. The highest BCUT2D eigenvalue weighted by atomic mass is 35.5. The first kappa shape index (κ1) is 22.3. The molecule has 1 aliphatic carbocycles. The molecule has 0 radical (unpaired) electrons. The predicted octanol–water partition coefficient (Wildman–Crippen LogP) is 5.94. The minimum Gasteiger partial charge on any atom is -0.457 e. The lowest BCUT2D eigenvalue weighted by molar-refractivity contribution is 0.0914. The van der Waals surface area contributed by atoms with Crippen LogP contribution in [0.2, 0.25) is 10.0 Å². The Kier molecular flexibility index (Phi) is 7.26. The SMILES string of the molecule is C[C@H]1CN(C(=O)NC2CCCC2)CCN1Cc1cccc(Oc2cc(Cl)cc(Cl)c2)c1. The third-order valence-corrected chi connectivity index (χ3v) is 6.53. The number of benzene rings is 2. The molecule has 2 amide bonds. The molecule has 166 valence electrons. The maximum Gasteiger partial charge on any atom is 0.317 e. The predicted molar refractivity (Wildman–Crippen MR) is 125 cm³/mol. The van der Waals surface area contributed by atoms with Gasteiger partial charge in [-0.3, -0.25) is 4.90 Å². The summed E-state index contributed by atoms with van der Waals surface area (Å²) in [5.41, 5.74) is 1.17. The van der Waals surface area contributed by atoms with Gasteiger partial charge in [0.1, 0.15) is 11.5 Å². The van der Waals surface area contributed by atoms with E-state index in [-0.39, 0.29) is 6.03 Å². The Labute approximate surface area is 194 Å². The molecule has 2 aromatic rings. The molecule has 2 aromatic carbocycles. The third-order valence-electron chi connectivity index (χ3n) is 6.09. The first-order valence-corrected chi connectivity index (χ1v) is 11.7. The first-order valence-electron chi connectivity index (χ1n) is 11.0. The molecule has 0 unspecified atom stereocenters. The molecular formula is C24H29Cl2N3O2. The molecule has 31 heavy (non-hydrogen) atoms. The van der Waals surface area contributed by atoms with Crippen molar-refractivity contribution in [2.45, 2.75) is 51.2 Å². The third kappa shape index (κ3) is 6.06. The number of nitrogens with zero attached hydrogens (tertiary/aromatic N) is 2. The van der Waals surface area contributed by atoms with E-state index in [1.54, 1.807) is 18.2 Å². The van der Waals surface area contributed by atoms with Crippen molar-refractivity contribution in [3.63, 3.8) is 0 Å². The molecule has 2 aliphatic rings. The Balaban J connectivity index is 1.33. The Hall–Kier alpha value is -1.95. The molecule has 0 aromatic heterocycles. The Morgan fingerprint density at radius 2 is 1.81 bits per heavy atom. The number of hydrogen-bond acceptors (Lipinski definition) is 3. The largest absolute Gasteiger partial charge is 0.457 e. The lowest BCUT2D eigenvalue weighted by atomic mass is 10.1. The molecule has 1 N–H and O–H groups in total. The van der Waals surface area contributed by atoms with E-state index in [1.165, 1.54) is 18.4 Å². The smallest absolute Gasteiger partial charge is 0.317 e. The topological polar surface area (TPSA) is 44.8 Å². The average molecular weight is 462 g/mol. The van der Waals surface area contributed by atoms with Gasteiger partial charge in [-0.2, -0.15) is 0 Å². The number of hydrogen-bond donors (Lipinski definition) is 1. The van der Waals surface area contributed by atoms with E-state index in [2.05, 4.69) is 23.2 Å². The van der Waals surface area contributed by atoms with Crippen molar-refractivity contribution in [3.8, 4) is 11.5 Å². The minimum atomic E-state index is 0.0916. The summed E-state index contributed by atoms with van der Waals surface area (Å²) in [6.07, 6.45) is 4.67. The fourth-order valence-electron chi connectivity index (χ4n) is 4.42. The molecule has 2 fully saturated rings. The molecule has 1 heterocycles. The van der Waals surface area contributed by atoms with E-state index in [1.807, 2.05) is 23.1 Å². The van der Waals surface area contributed by atoms with Gasteiger partial charge in [-0.15, -0.1) is 0 Å². The van der Waals surface area contributed by atoms with Crippen LogP contribution in [0, 0.1) is 0 Å². The summed E-state index contributed by atoms with van der Waals surface area (Å²) in [6, 6.07) is 14.0. The molecule has 0 bridgehead atoms. The zero-order valence-corrected chi connectivity index (χ0v) is 19.3. The van der Waals surface area contributed by atoms with E-state index in [9.17, 15) is 4.79 Å².